The minimum absolute atomic E-state index is 0.734. The van der Waals surface area contributed by atoms with Gasteiger partial charge in [0.2, 0.25) is 0 Å². The van der Waals surface area contributed by atoms with Crippen molar-refractivity contribution in [2.24, 2.45) is 0 Å². The summed E-state index contributed by atoms with van der Waals surface area (Å²) in [5, 5.41) is 0. The van der Waals surface area contributed by atoms with E-state index in [1.807, 2.05) is 0 Å². The van der Waals surface area contributed by atoms with Gasteiger partial charge >= 0.3 is 46.3 Å². The van der Waals surface area contributed by atoms with E-state index >= 15 is 0 Å². The Morgan fingerprint density at radius 2 is 1.88 bits per heavy atom. The molecule has 4 nitrogen and oxygen atoms in total. The Kier molecular flexibility index (Phi) is 0.686. The van der Waals surface area contributed by atoms with Gasteiger partial charge in [0, 0.05) is 0 Å². The van der Waals surface area contributed by atoms with E-state index in [1.165, 1.54) is 7.11 Å². The Morgan fingerprint density at radius 1 is 1.38 bits per heavy atom. The zero-order chi connectivity index (χ0) is 5.83. The van der Waals surface area contributed by atoms with Crippen LogP contribution < -0.4 is 0 Å². The third-order valence-corrected chi connectivity index (χ3v) is 3.54. The molecule has 3 heterocycles. The normalized spacial score (nSPS) is 51.2. The summed E-state index contributed by atoms with van der Waals surface area (Å²) in [5.41, 5.74) is 0. The first-order chi connectivity index (χ1) is 3.68. The summed E-state index contributed by atoms with van der Waals surface area (Å²) in [7, 11) is -0.881. The maximum absolute atomic E-state index is 5.02. The van der Waals surface area contributed by atoms with Crippen LogP contribution in [0.5, 0.6) is 0 Å². The Morgan fingerprint density at radius 3 is 2.00 bits per heavy atom. The van der Waals surface area contributed by atoms with E-state index in [9.17, 15) is 0 Å². The summed E-state index contributed by atoms with van der Waals surface area (Å²) >= 11 is 0. The van der Waals surface area contributed by atoms with Gasteiger partial charge in [-0.05, 0) is 0 Å². The fourth-order valence-corrected chi connectivity index (χ4v) is 2.49. The molecule has 0 unspecified atom stereocenters. The van der Waals surface area contributed by atoms with Gasteiger partial charge in [-0.25, -0.2) is 0 Å². The molecule has 48 valence electrons. The van der Waals surface area contributed by atoms with Crippen molar-refractivity contribution in [2.45, 2.75) is 12.9 Å². The average Bonchev–Trinajstić information content (AvgIpc) is 1.55. The van der Waals surface area contributed by atoms with E-state index in [1.54, 1.807) is 6.92 Å². The number of hydrogen-bond donors (Lipinski definition) is 0. The molecule has 3 fully saturated rings. The van der Waals surface area contributed by atoms with Gasteiger partial charge in [-0.2, -0.15) is 0 Å². The topological polar surface area (TPSA) is 36.9 Å². The second-order valence-corrected chi connectivity index (χ2v) is 3.89. The molecule has 3 saturated heterocycles. The van der Waals surface area contributed by atoms with Crippen LogP contribution in [0, 0.1) is 0 Å². The van der Waals surface area contributed by atoms with Crippen LogP contribution in [-0.2, 0) is 18.1 Å². The first-order valence-corrected chi connectivity index (χ1v) is 3.97. The molecule has 0 aromatic rings. The van der Waals surface area contributed by atoms with Crippen molar-refractivity contribution < 1.29 is 18.1 Å². The monoisotopic (exact) mass is 138 g/mol. The molecule has 0 atom stereocenters. The van der Waals surface area contributed by atoms with Crippen LogP contribution >= 0.6 is 8.17 Å². The molecule has 0 N–H and O–H groups in total. The fourth-order valence-electron chi connectivity index (χ4n) is 0.829. The summed E-state index contributed by atoms with van der Waals surface area (Å²) < 4.78 is 19.8. The van der Waals surface area contributed by atoms with Crippen LogP contribution in [0.1, 0.15) is 6.92 Å². The molecule has 0 amide bonds. The zero-order valence-electron chi connectivity index (χ0n) is 4.63. The first kappa shape index (κ1) is 5.09. The third-order valence-electron chi connectivity index (χ3n) is 1.18. The van der Waals surface area contributed by atoms with Gasteiger partial charge < -0.3 is 0 Å². The average molecular weight is 138 g/mol. The summed E-state index contributed by atoms with van der Waals surface area (Å²) in [6, 6.07) is 0. The molecular weight excluding hydrogens is 131 g/mol. The SMILES string of the molecule is CO[PH]12OC(C)(O1)O2. The molecule has 0 aromatic carbocycles. The molecule has 8 heavy (non-hydrogen) atoms. The Balaban J connectivity index is 2.04. The predicted octanol–water partition coefficient (Wildman–Crippen LogP) is 0.793. The number of hydrogen-bond acceptors (Lipinski definition) is 4. The van der Waals surface area contributed by atoms with E-state index in [0.717, 1.165) is 0 Å². The van der Waals surface area contributed by atoms with Crippen molar-refractivity contribution in [1.29, 1.82) is 0 Å². The van der Waals surface area contributed by atoms with E-state index in [4.69, 9.17) is 18.1 Å². The van der Waals surface area contributed by atoms with Crippen molar-refractivity contribution in [3.63, 3.8) is 0 Å². The molecule has 0 saturated carbocycles. The van der Waals surface area contributed by atoms with Crippen LogP contribution in [0.4, 0.5) is 0 Å². The van der Waals surface area contributed by atoms with Crippen molar-refractivity contribution in [3.05, 3.63) is 0 Å². The van der Waals surface area contributed by atoms with Gasteiger partial charge in [0.05, 0.1) is 0 Å². The van der Waals surface area contributed by atoms with Crippen molar-refractivity contribution in [2.75, 3.05) is 7.11 Å². The molecule has 3 aliphatic heterocycles. The van der Waals surface area contributed by atoms with Gasteiger partial charge in [0.1, 0.15) is 0 Å². The van der Waals surface area contributed by atoms with Gasteiger partial charge in [0.25, 0.3) is 0 Å². The van der Waals surface area contributed by atoms with Crippen molar-refractivity contribution in [3.8, 4) is 0 Å². The van der Waals surface area contributed by atoms with Crippen LogP contribution in [0.25, 0.3) is 0 Å². The Labute approximate surface area is 47.3 Å². The predicted molar refractivity (Wildman–Crippen MR) is 27.0 cm³/mol. The second-order valence-electron chi connectivity index (χ2n) is 1.87. The van der Waals surface area contributed by atoms with Crippen molar-refractivity contribution in [1.82, 2.24) is 0 Å². The summed E-state index contributed by atoms with van der Waals surface area (Å²) in [6.07, 6.45) is 0. The van der Waals surface area contributed by atoms with E-state index in [0.29, 0.717) is 0 Å². The third kappa shape index (κ3) is 0.385. The van der Waals surface area contributed by atoms with E-state index in [-0.39, 0.29) is 0 Å². The van der Waals surface area contributed by atoms with Crippen LogP contribution in [0.3, 0.4) is 0 Å². The standard InChI is InChI=1S/C3H7O4P/c1-3-5-8(4-2,6-3)7-3/h8H,1-2H3. The fraction of sp³-hybridized carbons (Fsp3) is 1.00. The summed E-state index contributed by atoms with van der Waals surface area (Å²) in [6.45, 7) is 1.71. The Bertz CT molecular complexity index is 115. The molecule has 0 aromatic heterocycles. The van der Waals surface area contributed by atoms with Crippen molar-refractivity contribution >= 4 is 8.17 Å². The molecule has 3 aliphatic rings. The summed E-state index contributed by atoms with van der Waals surface area (Å²) in [4.78, 5) is 0. The summed E-state index contributed by atoms with van der Waals surface area (Å²) in [5.74, 6) is -0.734. The van der Waals surface area contributed by atoms with Gasteiger partial charge in [-0.1, -0.05) is 0 Å². The van der Waals surface area contributed by atoms with Crippen LogP contribution in [-0.4, -0.2) is 13.1 Å². The minimum atomic E-state index is -2.40. The molecule has 3 rings (SSSR count). The molecule has 0 radical (unpaired) electrons. The van der Waals surface area contributed by atoms with E-state index < -0.39 is 14.1 Å². The molecular formula is C3H7O4P. The molecule has 2 bridgehead atoms. The van der Waals surface area contributed by atoms with Gasteiger partial charge in [-0.3, -0.25) is 0 Å². The molecule has 5 heteroatoms. The van der Waals surface area contributed by atoms with E-state index in [2.05, 4.69) is 0 Å². The van der Waals surface area contributed by atoms with Crippen LogP contribution in [0.15, 0.2) is 0 Å². The second kappa shape index (κ2) is 1.08. The molecule has 0 spiro atoms. The van der Waals surface area contributed by atoms with Gasteiger partial charge in [0.15, 0.2) is 0 Å². The van der Waals surface area contributed by atoms with Crippen LogP contribution in [0.2, 0.25) is 0 Å². The first-order valence-electron chi connectivity index (χ1n) is 2.34. The maximum atomic E-state index is 5.02. The number of rotatable bonds is 1. The Hall–Kier alpha value is 0.270. The molecule has 0 aliphatic carbocycles. The van der Waals surface area contributed by atoms with Gasteiger partial charge in [-0.15, -0.1) is 0 Å². The zero-order valence-corrected chi connectivity index (χ0v) is 5.63. The quantitative estimate of drug-likeness (QED) is 0.502.